The maximum absolute atomic E-state index is 13.9. The van der Waals surface area contributed by atoms with Gasteiger partial charge in [0.2, 0.25) is 0 Å². The van der Waals surface area contributed by atoms with Gasteiger partial charge in [-0.3, -0.25) is 4.79 Å². The molecule has 0 aliphatic carbocycles. The van der Waals surface area contributed by atoms with Gasteiger partial charge in [0.25, 0.3) is 5.91 Å². The number of nitrogens with zero attached hydrogens (tertiary/aromatic N) is 1. The molecule has 3 aromatic rings. The molecule has 6 nitrogen and oxygen atoms in total. The molecule has 0 aliphatic heterocycles. The molecule has 0 saturated heterocycles. The van der Waals surface area contributed by atoms with Crippen molar-refractivity contribution in [1.82, 2.24) is 10.3 Å². The van der Waals surface area contributed by atoms with Crippen LogP contribution >= 0.6 is 11.3 Å². The van der Waals surface area contributed by atoms with Gasteiger partial charge >= 0.3 is 0 Å². The predicted octanol–water partition coefficient (Wildman–Crippen LogP) is 4.47. The summed E-state index contributed by atoms with van der Waals surface area (Å²) in [7, 11) is 4.53. The Labute approximate surface area is 172 Å². The number of amides is 1. The van der Waals surface area contributed by atoms with Crippen LogP contribution in [0.2, 0.25) is 0 Å². The molecule has 0 saturated carbocycles. The van der Waals surface area contributed by atoms with E-state index in [1.54, 1.807) is 38.7 Å². The minimum Gasteiger partial charge on any atom is -0.494 e. The normalized spacial score (nSPS) is 11.6. The van der Waals surface area contributed by atoms with Gasteiger partial charge < -0.3 is 19.5 Å². The number of nitrogens with one attached hydrogen (secondary N) is 1. The fraction of sp³-hybridized carbons (Fsp3) is 0.238. The van der Waals surface area contributed by atoms with Crippen LogP contribution in [0.1, 0.15) is 29.0 Å². The molecule has 1 amide bonds. The second-order valence-electron chi connectivity index (χ2n) is 6.20. The summed E-state index contributed by atoms with van der Waals surface area (Å²) in [6.45, 7) is 1.78. The summed E-state index contributed by atoms with van der Waals surface area (Å²) in [6.07, 6.45) is 0. The summed E-state index contributed by atoms with van der Waals surface area (Å²) in [4.78, 5) is 17.0. The summed E-state index contributed by atoms with van der Waals surface area (Å²) in [5.74, 6) is 0.547. The van der Waals surface area contributed by atoms with Gasteiger partial charge in [0.1, 0.15) is 10.7 Å². The van der Waals surface area contributed by atoms with E-state index in [9.17, 15) is 9.18 Å². The lowest BCUT2D eigenvalue weighted by atomic mass is 10.1. The Kier molecular flexibility index (Phi) is 6.33. The molecule has 0 bridgehead atoms. The first-order valence-corrected chi connectivity index (χ1v) is 9.67. The van der Waals surface area contributed by atoms with Gasteiger partial charge in [0, 0.05) is 10.9 Å². The molecular formula is C21H21FN2O4S. The molecule has 1 atom stereocenters. The first kappa shape index (κ1) is 20.6. The van der Waals surface area contributed by atoms with Crippen LogP contribution in [0.15, 0.2) is 41.8 Å². The average molecular weight is 416 g/mol. The van der Waals surface area contributed by atoms with Crippen molar-refractivity contribution in [2.45, 2.75) is 13.0 Å². The molecule has 0 aliphatic rings. The van der Waals surface area contributed by atoms with E-state index >= 15 is 0 Å². The van der Waals surface area contributed by atoms with Gasteiger partial charge in [-0.2, -0.15) is 0 Å². The van der Waals surface area contributed by atoms with E-state index in [1.165, 1.54) is 30.6 Å². The number of benzene rings is 2. The number of aromatic nitrogens is 1. The van der Waals surface area contributed by atoms with Crippen molar-refractivity contribution < 1.29 is 23.4 Å². The van der Waals surface area contributed by atoms with Crippen LogP contribution in [0.5, 0.6) is 17.2 Å². The van der Waals surface area contributed by atoms with Gasteiger partial charge in [-0.25, -0.2) is 9.37 Å². The lowest BCUT2D eigenvalue weighted by Gasteiger charge is -2.14. The van der Waals surface area contributed by atoms with Crippen molar-refractivity contribution in [3.05, 3.63) is 58.9 Å². The summed E-state index contributed by atoms with van der Waals surface area (Å²) in [5, 5.41) is 5.20. The molecule has 0 spiro atoms. The Balaban J connectivity index is 1.74. The number of hydrogen-bond acceptors (Lipinski definition) is 6. The highest BCUT2D eigenvalue weighted by molar-refractivity contribution is 7.13. The van der Waals surface area contributed by atoms with E-state index in [4.69, 9.17) is 14.2 Å². The highest BCUT2D eigenvalue weighted by Gasteiger charge is 2.17. The topological polar surface area (TPSA) is 69.7 Å². The van der Waals surface area contributed by atoms with Crippen molar-refractivity contribution in [1.29, 1.82) is 0 Å². The second-order valence-corrected chi connectivity index (χ2v) is 7.05. The number of methoxy groups -OCH3 is 3. The van der Waals surface area contributed by atoms with E-state index in [0.717, 1.165) is 5.56 Å². The summed E-state index contributed by atoms with van der Waals surface area (Å²) in [6, 6.07) is 9.64. The Hall–Kier alpha value is -3.13. The number of carbonyl (C=O) groups excluding carboxylic acids is 1. The van der Waals surface area contributed by atoms with Crippen LogP contribution in [0.4, 0.5) is 4.39 Å². The van der Waals surface area contributed by atoms with E-state index in [-0.39, 0.29) is 11.7 Å². The first-order valence-electron chi connectivity index (χ1n) is 8.79. The number of halogens is 1. The minimum atomic E-state index is -0.476. The number of hydrogen-bond donors (Lipinski definition) is 1. The number of carbonyl (C=O) groups is 1. The smallest absolute Gasteiger partial charge is 0.271 e. The average Bonchev–Trinajstić information content (AvgIpc) is 3.23. The molecule has 2 aromatic carbocycles. The van der Waals surface area contributed by atoms with Gasteiger partial charge in [-0.05, 0) is 42.8 Å². The third-order valence-electron chi connectivity index (χ3n) is 4.39. The molecule has 152 valence electrons. The van der Waals surface area contributed by atoms with Crippen molar-refractivity contribution in [2.24, 2.45) is 0 Å². The van der Waals surface area contributed by atoms with Gasteiger partial charge in [0.05, 0.1) is 27.4 Å². The van der Waals surface area contributed by atoms with Crippen molar-refractivity contribution in [3.63, 3.8) is 0 Å². The Bertz CT molecular complexity index is 1020. The molecule has 29 heavy (non-hydrogen) atoms. The standard InChI is InChI=1S/C21H21FN2O4S/c1-12(13-5-7-17(26-2)15(22)9-13)23-20(25)16-11-29-21(24-16)14-6-8-18(27-3)19(10-14)28-4/h5-12H,1-4H3,(H,23,25)/t12-/m0/s1. The maximum Gasteiger partial charge on any atom is 0.271 e. The van der Waals surface area contributed by atoms with Crippen LogP contribution in [-0.4, -0.2) is 32.2 Å². The molecule has 3 rings (SSSR count). The maximum atomic E-state index is 13.9. The van der Waals surface area contributed by atoms with Crippen LogP contribution in [-0.2, 0) is 0 Å². The zero-order valence-electron chi connectivity index (χ0n) is 16.5. The number of ether oxygens (including phenoxy) is 3. The molecule has 1 N–H and O–H groups in total. The van der Waals surface area contributed by atoms with Crippen LogP contribution in [0.25, 0.3) is 10.6 Å². The van der Waals surface area contributed by atoms with Crippen molar-refractivity contribution >= 4 is 17.2 Å². The Morgan fingerprint density at radius 2 is 1.72 bits per heavy atom. The first-order chi connectivity index (χ1) is 14.0. The van der Waals surface area contributed by atoms with Crippen molar-refractivity contribution in [3.8, 4) is 27.8 Å². The minimum absolute atomic E-state index is 0.159. The Morgan fingerprint density at radius 3 is 2.38 bits per heavy atom. The van der Waals surface area contributed by atoms with Gasteiger partial charge in [0.15, 0.2) is 23.1 Å². The van der Waals surface area contributed by atoms with Gasteiger partial charge in [-0.1, -0.05) is 6.07 Å². The third kappa shape index (κ3) is 4.48. The fourth-order valence-corrected chi connectivity index (χ4v) is 3.58. The van der Waals surface area contributed by atoms with Gasteiger partial charge in [-0.15, -0.1) is 11.3 Å². The summed E-state index contributed by atoms with van der Waals surface area (Å²) in [5.41, 5.74) is 1.74. The summed E-state index contributed by atoms with van der Waals surface area (Å²) >= 11 is 1.35. The lowest BCUT2D eigenvalue weighted by Crippen LogP contribution is -2.27. The second kappa shape index (κ2) is 8.91. The number of thiazole rings is 1. The van der Waals surface area contributed by atoms with E-state index in [1.807, 2.05) is 12.1 Å². The van der Waals surface area contributed by atoms with Crippen LogP contribution in [0, 0.1) is 5.82 Å². The summed E-state index contributed by atoms with van der Waals surface area (Å²) < 4.78 is 29.4. The highest BCUT2D eigenvalue weighted by atomic mass is 32.1. The largest absolute Gasteiger partial charge is 0.494 e. The molecule has 1 aromatic heterocycles. The predicted molar refractivity (Wildman–Crippen MR) is 109 cm³/mol. The fourth-order valence-electron chi connectivity index (χ4n) is 2.79. The van der Waals surface area contributed by atoms with E-state index < -0.39 is 11.9 Å². The SMILES string of the molecule is COc1ccc([C@H](C)NC(=O)c2csc(-c3ccc(OC)c(OC)c3)n2)cc1F. The molecule has 8 heteroatoms. The lowest BCUT2D eigenvalue weighted by molar-refractivity contribution is 0.0935. The molecule has 1 heterocycles. The third-order valence-corrected chi connectivity index (χ3v) is 5.28. The quantitative estimate of drug-likeness (QED) is 0.616. The van der Waals surface area contributed by atoms with Crippen LogP contribution in [0.3, 0.4) is 0 Å². The molecule has 0 fully saturated rings. The zero-order valence-corrected chi connectivity index (χ0v) is 17.3. The number of rotatable bonds is 7. The van der Waals surface area contributed by atoms with E-state index in [2.05, 4.69) is 10.3 Å². The van der Waals surface area contributed by atoms with Crippen LogP contribution < -0.4 is 19.5 Å². The Morgan fingerprint density at radius 1 is 1.03 bits per heavy atom. The van der Waals surface area contributed by atoms with Crippen molar-refractivity contribution in [2.75, 3.05) is 21.3 Å². The highest BCUT2D eigenvalue weighted by Crippen LogP contribution is 2.33. The molecule has 0 unspecified atom stereocenters. The monoisotopic (exact) mass is 416 g/mol. The van der Waals surface area contributed by atoms with E-state index in [0.29, 0.717) is 27.8 Å². The zero-order chi connectivity index (χ0) is 21.0. The molecular weight excluding hydrogens is 395 g/mol. The molecule has 0 radical (unpaired) electrons.